The Balaban J connectivity index is 1.19. The number of hydrogen-bond acceptors (Lipinski definition) is 8. The normalized spacial score (nSPS) is 13.8. The van der Waals surface area contributed by atoms with Crippen molar-refractivity contribution < 1.29 is 14.0 Å². The number of fused-ring (bicyclic) bond motifs is 2. The van der Waals surface area contributed by atoms with Gasteiger partial charge in [0.05, 0.1) is 28.7 Å². The molecule has 2 amide bonds. The highest BCUT2D eigenvalue weighted by molar-refractivity contribution is 7.22. The van der Waals surface area contributed by atoms with Crippen LogP contribution in [0.1, 0.15) is 26.7 Å². The first kappa shape index (κ1) is 19.9. The Bertz CT molecular complexity index is 1260. The van der Waals surface area contributed by atoms with Gasteiger partial charge in [0.1, 0.15) is 0 Å². The standard InChI is InChI=1S/C21H19N5O3S2/c1-12-4-5-13-16(9-12)30-20(22-13)24-18(27)11-26-7-6-14-17(10-26)31-21(23-14)25-19(28)15-3-2-8-29-15/h2-5,8-9H,6-7,10-11H2,1H3,(H,22,24,27)(H,23,25,28). The lowest BCUT2D eigenvalue weighted by Gasteiger charge is -2.24. The number of rotatable bonds is 5. The largest absolute Gasteiger partial charge is 0.459 e. The Labute approximate surface area is 185 Å². The number of thiazole rings is 2. The summed E-state index contributed by atoms with van der Waals surface area (Å²) in [5, 5.41) is 6.85. The highest BCUT2D eigenvalue weighted by Crippen LogP contribution is 2.29. The van der Waals surface area contributed by atoms with Crippen molar-refractivity contribution in [1.29, 1.82) is 0 Å². The smallest absolute Gasteiger partial charge is 0.293 e. The van der Waals surface area contributed by atoms with Gasteiger partial charge in [-0.3, -0.25) is 19.8 Å². The van der Waals surface area contributed by atoms with Gasteiger partial charge in [-0.2, -0.15) is 0 Å². The second-order valence-electron chi connectivity index (χ2n) is 7.32. The number of amides is 2. The predicted molar refractivity (Wildman–Crippen MR) is 121 cm³/mol. The highest BCUT2D eigenvalue weighted by atomic mass is 32.1. The summed E-state index contributed by atoms with van der Waals surface area (Å²) in [4.78, 5) is 36.8. The van der Waals surface area contributed by atoms with E-state index in [1.807, 2.05) is 19.1 Å². The molecule has 0 unspecified atom stereocenters. The zero-order valence-corrected chi connectivity index (χ0v) is 18.3. The number of carbonyl (C=O) groups excluding carboxylic acids is 2. The Morgan fingerprint density at radius 3 is 2.87 bits per heavy atom. The maximum atomic E-state index is 12.6. The van der Waals surface area contributed by atoms with Crippen molar-refractivity contribution in [2.75, 3.05) is 23.7 Å². The van der Waals surface area contributed by atoms with E-state index in [9.17, 15) is 9.59 Å². The molecule has 0 radical (unpaired) electrons. The molecule has 0 fully saturated rings. The SMILES string of the molecule is Cc1ccc2nc(NC(=O)CN3CCc4nc(NC(=O)c5ccco5)sc4C3)sc2c1. The van der Waals surface area contributed by atoms with Gasteiger partial charge in [0.25, 0.3) is 5.91 Å². The van der Waals surface area contributed by atoms with Crippen molar-refractivity contribution in [1.82, 2.24) is 14.9 Å². The molecular weight excluding hydrogens is 434 g/mol. The number of carbonyl (C=O) groups is 2. The molecule has 4 heterocycles. The Hall–Kier alpha value is -3.08. The minimum absolute atomic E-state index is 0.0879. The van der Waals surface area contributed by atoms with E-state index in [4.69, 9.17) is 4.42 Å². The number of anilines is 2. The average molecular weight is 454 g/mol. The first-order valence-electron chi connectivity index (χ1n) is 9.76. The Morgan fingerprint density at radius 2 is 2.03 bits per heavy atom. The van der Waals surface area contributed by atoms with Crippen LogP contribution in [0.15, 0.2) is 41.0 Å². The van der Waals surface area contributed by atoms with E-state index in [1.165, 1.54) is 34.5 Å². The second kappa shape index (κ2) is 8.22. The van der Waals surface area contributed by atoms with Gasteiger partial charge in [-0.1, -0.05) is 17.4 Å². The van der Waals surface area contributed by atoms with Crippen molar-refractivity contribution in [3.05, 3.63) is 58.5 Å². The van der Waals surface area contributed by atoms with Crippen molar-refractivity contribution in [3.63, 3.8) is 0 Å². The summed E-state index contributed by atoms with van der Waals surface area (Å²) >= 11 is 2.91. The lowest BCUT2D eigenvalue weighted by Crippen LogP contribution is -2.36. The molecule has 4 aromatic rings. The second-order valence-corrected chi connectivity index (χ2v) is 9.43. The number of aromatic nitrogens is 2. The van der Waals surface area contributed by atoms with Gasteiger partial charge < -0.3 is 9.73 Å². The molecule has 2 N–H and O–H groups in total. The quantitative estimate of drug-likeness (QED) is 0.475. The Morgan fingerprint density at radius 1 is 1.16 bits per heavy atom. The molecule has 0 spiro atoms. The summed E-state index contributed by atoms with van der Waals surface area (Å²) in [6, 6.07) is 9.32. The topological polar surface area (TPSA) is 100 Å². The van der Waals surface area contributed by atoms with Crippen LogP contribution in [0.3, 0.4) is 0 Å². The fourth-order valence-corrected chi connectivity index (χ4v) is 5.48. The zero-order chi connectivity index (χ0) is 21.4. The molecule has 10 heteroatoms. The molecule has 8 nitrogen and oxygen atoms in total. The zero-order valence-electron chi connectivity index (χ0n) is 16.7. The monoisotopic (exact) mass is 453 g/mol. The first-order valence-corrected chi connectivity index (χ1v) is 11.4. The van der Waals surface area contributed by atoms with Crippen LogP contribution in [-0.2, 0) is 17.8 Å². The van der Waals surface area contributed by atoms with Gasteiger partial charge in [0, 0.05) is 24.4 Å². The fraction of sp³-hybridized carbons (Fsp3) is 0.238. The lowest BCUT2D eigenvalue weighted by molar-refractivity contribution is -0.117. The van der Waals surface area contributed by atoms with Crippen LogP contribution in [0.5, 0.6) is 0 Å². The molecule has 0 saturated carbocycles. The van der Waals surface area contributed by atoms with Crippen LogP contribution < -0.4 is 10.6 Å². The lowest BCUT2D eigenvalue weighted by atomic mass is 10.2. The number of hydrogen-bond donors (Lipinski definition) is 2. The van der Waals surface area contributed by atoms with Crippen LogP contribution in [0, 0.1) is 6.92 Å². The summed E-state index contributed by atoms with van der Waals surface area (Å²) in [6.45, 7) is 3.67. The predicted octanol–water partition coefficient (Wildman–Crippen LogP) is 3.90. The molecule has 1 aliphatic rings. The van der Waals surface area contributed by atoms with Crippen molar-refractivity contribution in [2.45, 2.75) is 19.9 Å². The van der Waals surface area contributed by atoms with E-state index in [0.29, 0.717) is 16.8 Å². The highest BCUT2D eigenvalue weighted by Gasteiger charge is 2.23. The van der Waals surface area contributed by atoms with Crippen LogP contribution >= 0.6 is 22.7 Å². The van der Waals surface area contributed by atoms with E-state index in [1.54, 1.807) is 12.1 Å². The number of nitrogens with zero attached hydrogens (tertiary/aromatic N) is 3. The molecule has 1 aliphatic heterocycles. The van der Waals surface area contributed by atoms with Crippen molar-refractivity contribution >= 4 is 55.0 Å². The summed E-state index contributed by atoms with van der Waals surface area (Å²) in [6.07, 6.45) is 2.19. The molecule has 158 valence electrons. The molecule has 0 atom stereocenters. The number of nitrogens with one attached hydrogen (secondary N) is 2. The number of furan rings is 1. The fourth-order valence-electron chi connectivity index (χ4n) is 3.45. The average Bonchev–Trinajstić information content (AvgIpc) is 3.46. The van der Waals surface area contributed by atoms with Crippen molar-refractivity contribution in [3.8, 4) is 0 Å². The van der Waals surface area contributed by atoms with E-state index >= 15 is 0 Å². The van der Waals surface area contributed by atoms with Gasteiger partial charge in [0.2, 0.25) is 5.91 Å². The third-order valence-corrected chi connectivity index (χ3v) is 6.86. The number of benzene rings is 1. The maximum Gasteiger partial charge on any atom is 0.293 e. The third-order valence-electron chi connectivity index (χ3n) is 4.93. The number of aryl methyl sites for hydroxylation is 1. The van der Waals surface area contributed by atoms with Crippen LogP contribution in [-0.4, -0.2) is 39.8 Å². The summed E-state index contributed by atoms with van der Waals surface area (Å²) in [5.74, 6) is -0.162. The molecule has 0 aliphatic carbocycles. The minimum Gasteiger partial charge on any atom is -0.459 e. The van der Waals surface area contributed by atoms with E-state index in [0.717, 1.165) is 33.8 Å². The minimum atomic E-state index is -0.321. The molecular formula is C21H19N5O3S2. The summed E-state index contributed by atoms with van der Waals surface area (Å²) in [5.41, 5.74) is 3.03. The summed E-state index contributed by atoms with van der Waals surface area (Å²) in [7, 11) is 0. The van der Waals surface area contributed by atoms with Crippen LogP contribution in [0.25, 0.3) is 10.2 Å². The molecule has 31 heavy (non-hydrogen) atoms. The first-order chi connectivity index (χ1) is 15.0. The molecule has 1 aromatic carbocycles. The van der Waals surface area contributed by atoms with Gasteiger partial charge in [0.15, 0.2) is 16.0 Å². The van der Waals surface area contributed by atoms with Gasteiger partial charge in [-0.05, 0) is 36.8 Å². The molecule has 0 saturated heterocycles. The van der Waals surface area contributed by atoms with Gasteiger partial charge in [-0.15, -0.1) is 11.3 Å². The molecule has 3 aromatic heterocycles. The molecule has 5 rings (SSSR count). The van der Waals surface area contributed by atoms with Gasteiger partial charge >= 0.3 is 0 Å². The van der Waals surface area contributed by atoms with E-state index < -0.39 is 0 Å². The third kappa shape index (κ3) is 4.36. The van der Waals surface area contributed by atoms with Crippen LogP contribution in [0.2, 0.25) is 0 Å². The maximum absolute atomic E-state index is 12.6. The van der Waals surface area contributed by atoms with Gasteiger partial charge in [-0.25, -0.2) is 9.97 Å². The van der Waals surface area contributed by atoms with E-state index in [2.05, 4.69) is 31.6 Å². The molecule has 0 bridgehead atoms. The summed E-state index contributed by atoms with van der Waals surface area (Å²) < 4.78 is 6.17. The van der Waals surface area contributed by atoms with E-state index in [-0.39, 0.29) is 24.1 Å². The van der Waals surface area contributed by atoms with Crippen molar-refractivity contribution in [2.24, 2.45) is 0 Å². The Kier molecular flexibility index (Phi) is 5.26. The van der Waals surface area contributed by atoms with Crippen LogP contribution in [0.4, 0.5) is 10.3 Å².